The fourth-order valence-corrected chi connectivity index (χ4v) is 2.48. The van der Waals surface area contributed by atoms with Crippen molar-refractivity contribution in [1.29, 1.82) is 0 Å². The number of ether oxygens (including phenoxy) is 1. The number of nitrogens with zero attached hydrogens (tertiary/aromatic N) is 2. The first-order chi connectivity index (χ1) is 9.93. The molecule has 2 N–H and O–H groups in total. The topological polar surface area (TPSA) is 53.1 Å². The average Bonchev–Trinajstić information content (AvgIpc) is 2.73. The molecule has 0 unspecified atom stereocenters. The third-order valence-electron chi connectivity index (χ3n) is 3.82. The Kier molecular flexibility index (Phi) is 4.56. The SMILES string of the molecule is COc1cc(-c2c(CCC(C)C)nn(C)c2N)ccc1C. The first kappa shape index (κ1) is 15.4. The van der Waals surface area contributed by atoms with Gasteiger partial charge in [0.1, 0.15) is 11.6 Å². The van der Waals surface area contributed by atoms with E-state index in [2.05, 4.69) is 31.1 Å². The first-order valence-corrected chi connectivity index (χ1v) is 7.40. The summed E-state index contributed by atoms with van der Waals surface area (Å²) in [5, 5.41) is 4.59. The van der Waals surface area contributed by atoms with Crippen molar-refractivity contribution >= 4 is 5.82 Å². The fraction of sp³-hybridized carbons (Fsp3) is 0.471. The van der Waals surface area contributed by atoms with E-state index in [9.17, 15) is 0 Å². The van der Waals surface area contributed by atoms with Crippen LogP contribution in [-0.4, -0.2) is 16.9 Å². The molecular weight excluding hydrogens is 262 g/mol. The molecule has 0 aliphatic rings. The number of aromatic nitrogens is 2. The zero-order chi connectivity index (χ0) is 15.6. The van der Waals surface area contributed by atoms with Gasteiger partial charge in [-0.1, -0.05) is 26.0 Å². The van der Waals surface area contributed by atoms with Crippen LogP contribution in [0.25, 0.3) is 11.1 Å². The number of hydrogen-bond acceptors (Lipinski definition) is 3. The predicted octanol–water partition coefficient (Wildman–Crippen LogP) is 3.57. The molecule has 0 saturated carbocycles. The molecule has 21 heavy (non-hydrogen) atoms. The first-order valence-electron chi connectivity index (χ1n) is 7.40. The van der Waals surface area contributed by atoms with Crippen LogP contribution in [0.2, 0.25) is 0 Å². The van der Waals surface area contributed by atoms with E-state index in [0.29, 0.717) is 11.7 Å². The maximum absolute atomic E-state index is 6.23. The summed E-state index contributed by atoms with van der Waals surface area (Å²) in [6.07, 6.45) is 2.04. The molecule has 2 rings (SSSR count). The van der Waals surface area contributed by atoms with Crippen molar-refractivity contribution in [2.45, 2.75) is 33.6 Å². The van der Waals surface area contributed by atoms with Crippen LogP contribution in [0, 0.1) is 12.8 Å². The van der Waals surface area contributed by atoms with Gasteiger partial charge in [-0.2, -0.15) is 5.10 Å². The summed E-state index contributed by atoms with van der Waals surface area (Å²) in [5.41, 5.74) is 10.5. The number of hydrogen-bond donors (Lipinski definition) is 1. The molecule has 0 spiro atoms. The van der Waals surface area contributed by atoms with Crippen LogP contribution in [-0.2, 0) is 13.5 Å². The summed E-state index contributed by atoms with van der Waals surface area (Å²) in [5.74, 6) is 2.24. The number of anilines is 1. The number of rotatable bonds is 5. The van der Waals surface area contributed by atoms with Crippen LogP contribution in [0.5, 0.6) is 5.75 Å². The third-order valence-corrected chi connectivity index (χ3v) is 3.82. The van der Waals surface area contributed by atoms with Crippen molar-refractivity contribution in [2.75, 3.05) is 12.8 Å². The van der Waals surface area contributed by atoms with Crippen LogP contribution in [0.3, 0.4) is 0 Å². The molecule has 0 radical (unpaired) electrons. The van der Waals surface area contributed by atoms with Gasteiger partial charge in [-0.3, -0.25) is 4.68 Å². The molecule has 0 aliphatic heterocycles. The standard InChI is InChI=1S/C17H25N3O/c1-11(2)6-9-14-16(17(18)20(4)19-14)13-8-7-12(3)15(10-13)21-5/h7-8,10-11H,6,9,18H2,1-5H3. The van der Waals surface area contributed by atoms with Crippen molar-refractivity contribution < 1.29 is 4.74 Å². The molecule has 114 valence electrons. The summed E-state index contributed by atoms with van der Waals surface area (Å²) in [6, 6.07) is 6.19. The molecule has 0 bridgehead atoms. The molecule has 0 aliphatic carbocycles. The quantitative estimate of drug-likeness (QED) is 0.914. The van der Waals surface area contributed by atoms with E-state index < -0.39 is 0 Å². The monoisotopic (exact) mass is 287 g/mol. The zero-order valence-electron chi connectivity index (χ0n) is 13.6. The van der Waals surface area contributed by atoms with Gasteiger partial charge in [-0.25, -0.2) is 0 Å². The molecule has 0 fully saturated rings. The van der Waals surface area contributed by atoms with E-state index in [0.717, 1.165) is 41.0 Å². The van der Waals surface area contributed by atoms with Gasteiger partial charge in [0.25, 0.3) is 0 Å². The number of aryl methyl sites for hydroxylation is 3. The highest BCUT2D eigenvalue weighted by Gasteiger charge is 2.17. The lowest BCUT2D eigenvalue weighted by Crippen LogP contribution is -1.98. The molecule has 0 atom stereocenters. The highest BCUT2D eigenvalue weighted by Crippen LogP contribution is 2.33. The summed E-state index contributed by atoms with van der Waals surface area (Å²) in [7, 11) is 3.58. The molecule has 1 heterocycles. The van der Waals surface area contributed by atoms with Crippen LogP contribution in [0.1, 0.15) is 31.5 Å². The summed E-state index contributed by atoms with van der Waals surface area (Å²) in [6.45, 7) is 6.48. The lowest BCUT2D eigenvalue weighted by Gasteiger charge is -2.09. The maximum atomic E-state index is 6.23. The van der Waals surface area contributed by atoms with Crippen LogP contribution in [0.4, 0.5) is 5.82 Å². The highest BCUT2D eigenvalue weighted by atomic mass is 16.5. The molecule has 1 aromatic carbocycles. The minimum Gasteiger partial charge on any atom is -0.496 e. The summed E-state index contributed by atoms with van der Waals surface area (Å²) in [4.78, 5) is 0. The Morgan fingerprint density at radius 3 is 2.67 bits per heavy atom. The summed E-state index contributed by atoms with van der Waals surface area (Å²) >= 11 is 0. The molecule has 4 heteroatoms. The Labute approximate surface area is 126 Å². The van der Waals surface area contributed by atoms with Crippen LogP contribution >= 0.6 is 0 Å². The van der Waals surface area contributed by atoms with Crippen LogP contribution in [0.15, 0.2) is 18.2 Å². The highest BCUT2D eigenvalue weighted by molar-refractivity contribution is 5.78. The fourth-order valence-electron chi connectivity index (χ4n) is 2.48. The van der Waals surface area contributed by atoms with E-state index in [1.54, 1.807) is 11.8 Å². The number of benzene rings is 1. The van der Waals surface area contributed by atoms with Gasteiger partial charge in [-0.05, 0) is 42.9 Å². The smallest absolute Gasteiger partial charge is 0.129 e. The van der Waals surface area contributed by atoms with Gasteiger partial charge in [0, 0.05) is 12.6 Å². The Morgan fingerprint density at radius 1 is 1.33 bits per heavy atom. The largest absolute Gasteiger partial charge is 0.496 e. The van der Waals surface area contributed by atoms with E-state index >= 15 is 0 Å². The predicted molar refractivity (Wildman–Crippen MR) is 87.5 cm³/mol. The van der Waals surface area contributed by atoms with Gasteiger partial charge < -0.3 is 10.5 Å². The van der Waals surface area contributed by atoms with Crippen LogP contribution < -0.4 is 10.5 Å². The van der Waals surface area contributed by atoms with E-state index in [1.807, 2.05) is 20.0 Å². The van der Waals surface area contributed by atoms with E-state index in [-0.39, 0.29) is 0 Å². The second-order valence-electron chi connectivity index (χ2n) is 5.95. The Balaban J connectivity index is 2.47. The van der Waals surface area contributed by atoms with Crippen molar-refractivity contribution in [2.24, 2.45) is 13.0 Å². The van der Waals surface area contributed by atoms with Gasteiger partial charge in [0.05, 0.1) is 12.8 Å². The van der Waals surface area contributed by atoms with Crippen molar-refractivity contribution in [1.82, 2.24) is 9.78 Å². The third kappa shape index (κ3) is 3.20. The van der Waals surface area contributed by atoms with E-state index in [4.69, 9.17) is 10.5 Å². The minimum absolute atomic E-state index is 0.647. The van der Waals surface area contributed by atoms with Crippen molar-refractivity contribution in [3.05, 3.63) is 29.5 Å². The Bertz CT molecular complexity index is 629. The minimum atomic E-state index is 0.647. The Hall–Kier alpha value is -1.97. The van der Waals surface area contributed by atoms with Gasteiger partial charge >= 0.3 is 0 Å². The van der Waals surface area contributed by atoms with Crippen molar-refractivity contribution in [3.63, 3.8) is 0 Å². The molecule has 4 nitrogen and oxygen atoms in total. The molecule has 0 saturated heterocycles. The lowest BCUT2D eigenvalue weighted by atomic mass is 9.98. The molecule has 0 amide bonds. The second-order valence-corrected chi connectivity index (χ2v) is 5.95. The number of nitrogens with two attached hydrogens (primary N) is 1. The second kappa shape index (κ2) is 6.20. The number of nitrogen functional groups attached to an aromatic ring is 1. The van der Waals surface area contributed by atoms with Gasteiger partial charge in [0.2, 0.25) is 0 Å². The van der Waals surface area contributed by atoms with Gasteiger partial charge in [-0.15, -0.1) is 0 Å². The van der Waals surface area contributed by atoms with Crippen molar-refractivity contribution in [3.8, 4) is 16.9 Å². The molecule has 1 aromatic heterocycles. The molecular formula is C17H25N3O. The normalized spacial score (nSPS) is 11.1. The maximum Gasteiger partial charge on any atom is 0.129 e. The van der Waals surface area contributed by atoms with E-state index in [1.165, 1.54) is 0 Å². The summed E-state index contributed by atoms with van der Waals surface area (Å²) < 4.78 is 7.19. The zero-order valence-corrected chi connectivity index (χ0v) is 13.6. The molecule has 2 aromatic rings. The average molecular weight is 287 g/mol. The lowest BCUT2D eigenvalue weighted by molar-refractivity contribution is 0.412. The van der Waals surface area contributed by atoms with Gasteiger partial charge in [0.15, 0.2) is 0 Å². The Morgan fingerprint density at radius 2 is 2.05 bits per heavy atom. The number of methoxy groups -OCH3 is 1.